The first-order chi connectivity index (χ1) is 7.49. The maximum atomic E-state index is 11.4. The Kier molecular flexibility index (Phi) is 4.01. The molecule has 0 spiro atoms. The number of rotatable bonds is 5. The van der Waals surface area contributed by atoms with Gasteiger partial charge in [-0.3, -0.25) is 9.59 Å². The van der Waals surface area contributed by atoms with Crippen LogP contribution in [0.15, 0.2) is 10.6 Å². The Morgan fingerprint density at radius 2 is 2.31 bits per heavy atom. The third-order valence-corrected chi connectivity index (χ3v) is 1.87. The van der Waals surface area contributed by atoms with Crippen molar-refractivity contribution in [2.24, 2.45) is 11.5 Å². The van der Waals surface area contributed by atoms with Crippen molar-refractivity contribution in [2.45, 2.75) is 25.9 Å². The molecular formula is C9H14N4O3. The van der Waals surface area contributed by atoms with Gasteiger partial charge in [-0.25, -0.2) is 0 Å². The van der Waals surface area contributed by atoms with Crippen LogP contribution in [-0.4, -0.2) is 23.0 Å². The molecular weight excluding hydrogens is 212 g/mol. The minimum Gasteiger partial charge on any atom is -0.370 e. The van der Waals surface area contributed by atoms with Gasteiger partial charge in [-0.2, -0.15) is 0 Å². The number of nitrogens with two attached hydrogens (primary N) is 2. The molecule has 1 rings (SSSR count). The second-order valence-electron chi connectivity index (χ2n) is 3.43. The van der Waals surface area contributed by atoms with Crippen LogP contribution in [0.3, 0.4) is 0 Å². The Bertz CT molecular complexity index is 388. The monoisotopic (exact) mass is 226 g/mol. The summed E-state index contributed by atoms with van der Waals surface area (Å²) < 4.78 is 4.88. The van der Waals surface area contributed by atoms with E-state index in [9.17, 15) is 9.59 Å². The SMILES string of the molecule is Cc1cc(CNC(=O)C(N)CC(N)=O)on1. The minimum atomic E-state index is -0.929. The van der Waals surface area contributed by atoms with E-state index in [2.05, 4.69) is 10.5 Å². The molecule has 7 nitrogen and oxygen atoms in total. The zero-order chi connectivity index (χ0) is 12.1. The fraction of sp³-hybridized carbons (Fsp3) is 0.444. The van der Waals surface area contributed by atoms with E-state index < -0.39 is 17.9 Å². The lowest BCUT2D eigenvalue weighted by Gasteiger charge is -2.08. The van der Waals surface area contributed by atoms with Crippen LogP contribution in [0.1, 0.15) is 17.9 Å². The van der Waals surface area contributed by atoms with Gasteiger partial charge in [0.15, 0.2) is 5.76 Å². The first-order valence-electron chi connectivity index (χ1n) is 4.73. The molecule has 0 saturated carbocycles. The quantitative estimate of drug-likeness (QED) is 0.581. The van der Waals surface area contributed by atoms with E-state index in [1.54, 1.807) is 13.0 Å². The van der Waals surface area contributed by atoms with E-state index in [0.29, 0.717) is 5.76 Å². The van der Waals surface area contributed by atoms with Crippen LogP contribution in [0, 0.1) is 6.92 Å². The molecule has 0 saturated heterocycles. The van der Waals surface area contributed by atoms with Crippen LogP contribution >= 0.6 is 0 Å². The van der Waals surface area contributed by atoms with Crippen molar-refractivity contribution in [1.82, 2.24) is 10.5 Å². The zero-order valence-electron chi connectivity index (χ0n) is 8.90. The van der Waals surface area contributed by atoms with Gasteiger partial charge < -0.3 is 21.3 Å². The van der Waals surface area contributed by atoms with Crippen molar-refractivity contribution in [2.75, 3.05) is 0 Å². The van der Waals surface area contributed by atoms with E-state index >= 15 is 0 Å². The molecule has 0 bridgehead atoms. The third kappa shape index (κ3) is 3.70. The van der Waals surface area contributed by atoms with Crippen molar-refractivity contribution in [3.8, 4) is 0 Å². The summed E-state index contributed by atoms with van der Waals surface area (Å²) in [5, 5.41) is 6.17. The molecule has 0 aliphatic carbocycles. The lowest BCUT2D eigenvalue weighted by molar-refractivity contribution is -0.126. The van der Waals surface area contributed by atoms with Crippen LogP contribution < -0.4 is 16.8 Å². The fourth-order valence-corrected chi connectivity index (χ4v) is 1.11. The lowest BCUT2D eigenvalue weighted by atomic mass is 10.2. The number of amides is 2. The van der Waals surface area contributed by atoms with Crippen LogP contribution in [0.25, 0.3) is 0 Å². The maximum absolute atomic E-state index is 11.4. The summed E-state index contributed by atoms with van der Waals surface area (Å²) in [7, 11) is 0. The van der Waals surface area contributed by atoms with Gasteiger partial charge in [0.25, 0.3) is 0 Å². The molecule has 1 heterocycles. The molecule has 2 amide bonds. The first kappa shape index (κ1) is 12.2. The number of nitrogens with one attached hydrogen (secondary N) is 1. The molecule has 0 aliphatic rings. The Labute approximate surface area is 92.1 Å². The number of hydrogen-bond donors (Lipinski definition) is 3. The van der Waals surface area contributed by atoms with Crippen molar-refractivity contribution < 1.29 is 14.1 Å². The average molecular weight is 226 g/mol. The number of carbonyl (C=O) groups is 2. The Morgan fingerprint density at radius 3 is 2.81 bits per heavy atom. The second kappa shape index (κ2) is 5.26. The van der Waals surface area contributed by atoms with Crippen molar-refractivity contribution in [3.05, 3.63) is 17.5 Å². The predicted molar refractivity (Wildman–Crippen MR) is 54.9 cm³/mol. The molecule has 16 heavy (non-hydrogen) atoms. The number of primary amides is 1. The van der Waals surface area contributed by atoms with Crippen molar-refractivity contribution in [3.63, 3.8) is 0 Å². The lowest BCUT2D eigenvalue weighted by Crippen LogP contribution is -2.42. The van der Waals surface area contributed by atoms with Gasteiger partial charge in [-0.15, -0.1) is 0 Å². The number of aromatic nitrogens is 1. The van der Waals surface area contributed by atoms with Crippen molar-refractivity contribution >= 4 is 11.8 Å². The largest absolute Gasteiger partial charge is 0.370 e. The fourth-order valence-electron chi connectivity index (χ4n) is 1.11. The standard InChI is InChI=1S/C9H14N4O3/c1-5-2-6(16-13-5)4-12-9(15)7(10)3-8(11)14/h2,7H,3-4,10H2,1H3,(H2,11,14)(H,12,15). The Morgan fingerprint density at radius 1 is 1.62 bits per heavy atom. The zero-order valence-corrected chi connectivity index (χ0v) is 8.90. The van der Waals surface area contributed by atoms with Gasteiger partial charge in [0, 0.05) is 6.07 Å². The highest BCUT2D eigenvalue weighted by molar-refractivity contribution is 5.87. The normalized spacial score (nSPS) is 12.1. The summed E-state index contributed by atoms with van der Waals surface area (Å²) in [4.78, 5) is 21.9. The highest BCUT2D eigenvalue weighted by atomic mass is 16.5. The topological polar surface area (TPSA) is 124 Å². The minimum absolute atomic E-state index is 0.179. The van der Waals surface area contributed by atoms with Gasteiger partial charge in [0.05, 0.1) is 24.7 Å². The van der Waals surface area contributed by atoms with E-state index in [1.807, 2.05) is 0 Å². The van der Waals surface area contributed by atoms with E-state index in [1.165, 1.54) is 0 Å². The molecule has 7 heteroatoms. The van der Waals surface area contributed by atoms with Crippen LogP contribution in [0.4, 0.5) is 0 Å². The number of nitrogens with zero attached hydrogens (tertiary/aromatic N) is 1. The average Bonchev–Trinajstić information content (AvgIpc) is 2.59. The molecule has 1 aromatic rings. The van der Waals surface area contributed by atoms with Gasteiger partial charge in [0.2, 0.25) is 11.8 Å². The number of aryl methyl sites for hydroxylation is 1. The molecule has 0 aromatic carbocycles. The molecule has 0 radical (unpaired) electrons. The van der Waals surface area contributed by atoms with Crippen LogP contribution in [0.5, 0.6) is 0 Å². The summed E-state index contributed by atoms with van der Waals surface area (Å²) >= 11 is 0. The van der Waals surface area contributed by atoms with E-state index in [-0.39, 0.29) is 13.0 Å². The molecule has 1 aromatic heterocycles. The van der Waals surface area contributed by atoms with Crippen LogP contribution in [0.2, 0.25) is 0 Å². The molecule has 5 N–H and O–H groups in total. The molecule has 1 unspecified atom stereocenters. The Balaban J connectivity index is 2.37. The maximum Gasteiger partial charge on any atom is 0.237 e. The molecule has 0 fully saturated rings. The number of carbonyl (C=O) groups excluding carboxylic acids is 2. The summed E-state index contributed by atoms with van der Waals surface area (Å²) in [5.74, 6) is -0.539. The molecule has 1 atom stereocenters. The highest BCUT2D eigenvalue weighted by Crippen LogP contribution is 2.01. The smallest absolute Gasteiger partial charge is 0.237 e. The summed E-state index contributed by atoms with van der Waals surface area (Å²) in [6, 6.07) is 0.765. The van der Waals surface area contributed by atoms with E-state index in [0.717, 1.165) is 5.69 Å². The van der Waals surface area contributed by atoms with E-state index in [4.69, 9.17) is 16.0 Å². The predicted octanol–water partition coefficient (Wildman–Crippen LogP) is -1.20. The van der Waals surface area contributed by atoms with Gasteiger partial charge >= 0.3 is 0 Å². The van der Waals surface area contributed by atoms with Crippen molar-refractivity contribution in [1.29, 1.82) is 0 Å². The van der Waals surface area contributed by atoms with Gasteiger partial charge in [-0.05, 0) is 6.92 Å². The Hall–Kier alpha value is -1.89. The number of hydrogen-bond acceptors (Lipinski definition) is 5. The summed E-state index contributed by atoms with van der Waals surface area (Å²) in [6.45, 7) is 1.96. The molecule has 88 valence electrons. The summed E-state index contributed by atoms with van der Waals surface area (Å²) in [5.41, 5.74) is 11.1. The molecule has 0 aliphatic heterocycles. The second-order valence-corrected chi connectivity index (χ2v) is 3.43. The summed E-state index contributed by atoms with van der Waals surface area (Å²) in [6.07, 6.45) is -0.179. The van der Waals surface area contributed by atoms with Gasteiger partial charge in [0.1, 0.15) is 0 Å². The third-order valence-electron chi connectivity index (χ3n) is 1.87. The van der Waals surface area contributed by atoms with Gasteiger partial charge in [-0.1, -0.05) is 5.16 Å². The first-order valence-corrected chi connectivity index (χ1v) is 4.73. The highest BCUT2D eigenvalue weighted by Gasteiger charge is 2.15. The van der Waals surface area contributed by atoms with Crippen LogP contribution in [-0.2, 0) is 16.1 Å².